The van der Waals surface area contributed by atoms with Crippen molar-refractivity contribution in [3.63, 3.8) is 0 Å². The number of thioether (sulfide) groups is 1. The summed E-state index contributed by atoms with van der Waals surface area (Å²) in [6, 6.07) is 10.7. The second-order valence-electron chi connectivity index (χ2n) is 6.90. The summed E-state index contributed by atoms with van der Waals surface area (Å²) in [5.74, 6) is -1.84. The van der Waals surface area contributed by atoms with Crippen molar-refractivity contribution in [2.24, 2.45) is 0 Å². The van der Waals surface area contributed by atoms with Crippen LogP contribution < -0.4 is 11.1 Å². The molecule has 164 valence electrons. The Kier molecular flexibility index (Phi) is 5.91. The number of anilines is 2. The van der Waals surface area contributed by atoms with E-state index in [1.165, 1.54) is 22.5 Å². The van der Waals surface area contributed by atoms with Crippen LogP contribution in [0.1, 0.15) is 5.56 Å². The first kappa shape index (κ1) is 21.5. The number of rotatable bonds is 6. The van der Waals surface area contributed by atoms with Gasteiger partial charge in [-0.15, -0.1) is 11.8 Å². The summed E-state index contributed by atoms with van der Waals surface area (Å²) in [6.07, 6.45) is 1.80. The van der Waals surface area contributed by atoms with Crippen LogP contribution in [0.3, 0.4) is 0 Å². The van der Waals surface area contributed by atoms with Crippen LogP contribution in [0.5, 0.6) is 0 Å². The Balaban J connectivity index is 1.58. The topological polar surface area (TPSA) is 112 Å². The first-order chi connectivity index (χ1) is 15.4. The van der Waals surface area contributed by atoms with E-state index in [1.807, 2.05) is 31.2 Å². The Hall–Kier alpha value is -3.73. The fourth-order valence-electron chi connectivity index (χ4n) is 3.05. The fraction of sp³-hybridized carbons (Fsp3) is 0.143. The molecule has 32 heavy (non-hydrogen) atoms. The molecule has 2 heterocycles. The molecule has 0 spiro atoms. The average Bonchev–Trinajstić information content (AvgIpc) is 3.35. The first-order valence-corrected chi connectivity index (χ1v) is 10.6. The molecule has 0 saturated heterocycles. The van der Waals surface area contributed by atoms with Gasteiger partial charge in [0, 0.05) is 17.3 Å². The van der Waals surface area contributed by atoms with Crippen molar-refractivity contribution >= 4 is 29.2 Å². The van der Waals surface area contributed by atoms with E-state index in [4.69, 9.17) is 10.3 Å². The van der Waals surface area contributed by atoms with Gasteiger partial charge in [0.2, 0.25) is 11.7 Å². The number of benzene rings is 2. The van der Waals surface area contributed by atoms with Gasteiger partial charge in [0.1, 0.15) is 23.0 Å². The Labute approximate surface area is 185 Å². The predicted octanol–water partition coefficient (Wildman–Crippen LogP) is 4.13. The molecule has 0 atom stereocenters. The molecule has 8 nitrogen and oxygen atoms in total. The lowest BCUT2D eigenvalue weighted by atomic mass is 10.1. The van der Waals surface area contributed by atoms with Crippen LogP contribution in [-0.2, 0) is 11.3 Å². The normalized spacial score (nSPS) is 11.0. The first-order valence-electron chi connectivity index (χ1n) is 9.42. The monoisotopic (exact) mass is 456 g/mol. The number of hydrogen-bond donors (Lipinski definition) is 2. The van der Waals surface area contributed by atoms with E-state index in [-0.39, 0.29) is 23.9 Å². The maximum absolute atomic E-state index is 13.4. The highest BCUT2D eigenvalue weighted by Crippen LogP contribution is 2.35. The van der Waals surface area contributed by atoms with Crippen LogP contribution >= 0.6 is 11.8 Å². The minimum Gasteiger partial charge on any atom is -0.383 e. The van der Waals surface area contributed by atoms with Gasteiger partial charge in [0.05, 0.1) is 0 Å². The number of carbonyl (C=O) groups is 1. The third kappa shape index (κ3) is 4.33. The van der Waals surface area contributed by atoms with E-state index < -0.39 is 17.5 Å². The van der Waals surface area contributed by atoms with Gasteiger partial charge in [-0.3, -0.25) is 4.79 Å². The number of amides is 1. The van der Waals surface area contributed by atoms with Gasteiger partial charge in [0.15, 0.2) is 11.6 Å². The van der Waals surface area contributed by atoms with Crippen LogP contribution in [0, 0.1) is 18.6 Å². The summed E-state index contributed by atoms with van der Waals surface area (Å²) < 4.78 is 33.1. The summed E-state index contributed by atoms with van der Waals surface area (Å²) >= 11 is 1.30. The lowest BCUT2D eigenvalue weighted by molar-refractivity contribution is -0.116. The van der Waals surface area contributed by atoms with Gasteiger partial charge in [-0.1, -0.05) is 28.9 Å². The molecular weight excluding hydrogens is 438 g/mol. The lowest BCUT2D eigenvalue weighted by Gasteiger charge is -2.07. The Morgan fingerprint density at radius 1 is 1.22 bits per heavy atom. The van der Waals surface area contributed by atoms with Crippen molar-refractivity contribution < 1.29 is 18.1 Å². The molecule has 0 saturated carbocycles. The number of aromatic nitrogens is 4. The summed E-state index contributed by atoms with van der Waals surface area (Å²) in [6.45, 7) is 1.71. The van der Waals surface area contributed by atoms with E-state index >= 15 is 0 Å². The number of nitrogens with zero attached hydrogens (tertiary/aromatic N) is 4. The molecule has 4 aromatic rings. The van der Waals surface area contributed by atoms with Gasteiger partial charge >= 0.3 is 0 Å². The minimum atomic E-state index is -1.06. The van der Waals surface area contributed by atoms with Gasteiger partial charge in [-0.05, 0) is 31.4 Å². The SMILES string of the molecule is CSc1nn(CC(=O)Nc2ccc(F)c(F)c2)c(N)c1-c1nc(-c2cccc(C)c2)no1. The van der Waals surface area contributed by atoms with Gasteiger partial charge < -0.3 is 15.6 Å². The number of hydrogen-bond acceptors (Lipinski definition) is 7. The number of halogens is 2. The van der Waals surface area contributed by atoms with Crippen LogP contribution in [0.4, 0.5) is 20.3 Å². The molecule has 3 N–H and O–H groups in total. The number of nitrogens with one attached hydrogen (secondary N) is 1. The van der Waals surface area contributed by atoms with Crippen molar-refractivity contribution in [2.45, 2.75) is 18.5 Å². The van der Waals surface area contributed by atoms with Gasteiger partial charge in [0.25, 0.3) is 5.89 Å². The second kappa shape index (κ2) is 8.79. The summed E-state index contributed by atoms with van der Waals surface area (Å²) in [5, 5.41) is 11.4. The summed E-state index contributed by atoms with van der Waals surface area (Å²) in [7, 11) is 0. The quantitative estimate of drug-likeness (QED) is 0.420. The number of nitrogens with two attached hydrogens (primary N) is 1. The molecular formula is C21H18F2N6O2S. The Morgan fingerprint density at radius 3 is 2.75 bits per heavy atom. The molecule has 0 bridgehead atoms. The summed E-state index contributed by atoms with van der Waals surface area (Å²) in [4.78, 5) is 16.8. The molecule has 4 rings (SSSR count). The molecule has 2 aromatic carbocycles. The maximum Gasteiger partial charge on any atom is 0.264 e. The van der Waals surface area contributed by atoms with Crippen molar-refractivity contribution in [1.82, 2.24) is 19.9 Å². The highest BCUT2D eigenvalue weighted by Gasteiger charge is 2.24. The zero-order valence-corrected chi connectivity index (χ0v) is 17.9. The largest absolute Gasteiger partial charge is 0.383 e. The van der Waals surface area contributed by atoms with Gasteiger partial charge in [-0.25, -0.2) is 13.5 Å². The number of aryl methyl sites for hydroxylation is 1. The van der Waals surface area contributed by atoms with E-state index in [1.54, 1.807) is 6.26 Å². The lowest BCUT2D eigenvalue weighted by Crippen LogP contribution is -2.20. The Bertz CT molecular complexity index is 1300. The highest BCUT2D eigenvalue weighted by atomic mass is 32.2. The van der Waals surface area contributed by atoms with Crippen LogP contribution in [0.15, 0.2) is 52.0 Å². The third-order valence-corrected chi connectivity index (χ3v) is 5.24. The molecule has 1 amide bonds. The zero-order chi connectivity index (χ0) is 22.8. The third-order valence-electron chi connectivity index (χ3n) is 4.57. The minimum absolute atomic E-state index is 0.115. The molecule has 2 aromatic heterocycles. The van der Waals surface area contributed by atoms with Crippen LogP contribution in [0.2, 0.25) is 0 Å². The number of carbonyl (C=O) groups excluding carboxylic acids is 1. The van der Waals surface area contributed by atoms with E-state index in [0.717, 1.165) is 23.3 Å². The van der Waals surface area contributed by atoms with E-state index in [9.17, 15) is 13.6 Å². The van der Waals surface area contributed by atoms with E-state index in [0.29, 0.717) is 16.4 Å². The van der Waals surface area contributed by atoms with E-state index in [2.05, 4.69) is 20.6 Å². The zero-order valence-electron chi connectivity index (χ0n) is 17.1. The fourth-order valence-corrected chi connectivity index (χ4v) is 3.63. The predicted molar refractivity (Wildman–Crippen MR) is 117 cm³/mol. The van der Waals surface area contributed by atoms with Crippen molar-refractivity contribution in [3.8, 4) is 22.8 Å². The molecule has 0 unspecified atom stereocenters. The second-order valence-corrected chi connectivity index (χ2v) is 7.69. The van der Waals surface area contributed by atoms with Crippen molar-refractivity contribution in [1.29, 1.82) is 0 Å². The Morgan fingerprint density at radius 2 is 2.03 bits per heavy atom. The van der Waals surface area contributed by atoms with Crippen LogP contribution in [0.25, 0.3) is 22.8 Å². The summed E-state index contributed by atoms with van der Waals surface area (Å²) in [5.41, 5.74) is 8.62. The maximum atomic E-state index is 13.4. The molecule has 0 aliphatic heterocycles. The van der Waals surface area contributed by atoms with Crippen molar-refractivity contribution in [2.75, 3.05) is 17.3 Å². The molecule has 0 aliphatic carbocycles. The average molecular weight is 456 g/mol. The molecule has 0 fully saturated rings. The molecule has 11 heteroatoms. The van der Waals surface area contributed by atoms with Crippen molar-refractivity contribution in [3.05, 3.63) is 59.7 Å². The number of nitrogen functional groups attached to an aromatic ring is 1. The smallest absolute Gasteiger partial charge is 0.264 e. The highest BCUT2D eigenvalue weighted by molar-refractivity contribution is 7.98. The molecule has 0 radical (unpaired) electrons. The van der Waals surface area contributed by atoms with Crippen LogP contribution in [-0.4, -0.2) is 32.1 Å². The molecule has 0 aliphatic rings. The standard InChI is InChI=1S/C21H18F2N6O2S/c1-11-4-3-5-12(8-11)19-26-20(31-28-19)17-18(24)29(27-21(17)32-2)10-16(30)25-13-6-7-14(22)15(23)9-13/h3-9H,10,24H2,1-2H3,(H,25,30). The van der Waals surface area contributed by atoms with Gasteiger partial charge in [-0.2, -0.15) is 10.1 Å².